The van der Waals surface area contributed by atoms with Gasteiger partial charge < -0.3 is 4.42 Å². The molecule has 0 fully saturated rings. The van der Waals surface area contributed by atoms with Crippen molar-refractivity contribution in [3.63, 3.8) is 0 Å². The maximum Gasteiger partial charge on any atom is 0.161 e. The van der Waals surface area contributed by atoms with Crippen molar-refractivity contribution in [2.24, 2.45) is 0 Å². The van der Waals surface area contributed by atoms with Crippen LogP contribution < -0.4 is 14.6 Å². The zero-order valence-electron chi connectivity index (χ0n) is 31.4. The van der Waals surface area contributed by atoms with Crippen LogP contribution in [0.4, 0.5) is 22.7 Å². The molecule has 3 heterocycles. The van der Waals surface area contributed by atoms with Crippen LogP contribution in [-0.2, 0) is 0 Å². The predicted octanol–water partition coefficient (Wildman–Crippen LogP) is 14.0. The van der Waals surface area contributed by atoms with E-state index in [2.05, 4.69) is 173 Å². The van der Waals surface area contributed by atoms with Crippen molar-refractivity contribution in [1.82, 2.24) is 9.97 Å². The summed E-state index contributed by atoms with van der Waals surface area (Å²) in [7, 11) is -1.00. The maximum atomic E-state index is 6.54. The molecule has 1 unspecified atom stereocenters. The van der Waals surface area contributed by atoms with Crippen LogP contribution in [0.5, 0.6) is 0 Å². The van der Waals surface area contributed by atoms with Crippen LogP contribution in [0.15, 0.2) is 217 Å². The van der Waals surface area contributed by atoms with E-state index in [4.69, 9.17) is 14.4 Å². The van der Waals surface area contributed by atoms with Crippen molar-refractivity contribution in [1.29, 1.82) is 0 Å². The largest absolute Gasteiger partial charge is 0.456 e. The van der Waals surface area contributed by atoms with E-state index >= 15 is 0 Å². The molecule has 11 rings (SSSR count). The zero-order chi connectivity index (χ0) is 38.4. The molecule has 1 aliphatic heterocycles. The predicted molar refractivity (Wildman–Crippen MR) is 241 cm³/mol. The number of furan rings is 1. The molecule has 8 aromatic carbocycles. The lowest BCUT2D eigenvalue weighted by atomic mass is 9.99. The summed E-state index contributed by atoms with van der Waals surface area (Å²) in [5.74, 6) is 0.658. The smallest absolute Gasteiger partial charge is 0.161 e. The van der Waals surface area contributed by atoms with E-state index in [9.17, 15) is 0 Å². The van der Waals surface area contributed by atoms with Gasteiger partial charge in [-0.25, -0.2) is 9.97 Å². The lowest BCUT2D eigenvalue weighted by Crippen LogP contribution is -2.21. The van der Waals surface area contributed by atoms with E-state index in [1.807, 2.05) is 48.5 Å². The van der Waals surface area contributed by atoms with E-state index in [0.29, 0.717) is 5.82 Å². The number of fused-ring (bicyclic) bond motifs is 4. The van der Waals surface area contributed by atoms with Crippen LogP contribution in [0.1, 0.15) is 0 Å². The summed E-state index contributed by atoms with van der Waals surface area (Å²) in [6.07, 6.45) is 0. The van der Waals surface area contributed by atoms with Gasteiger partial charge >= 0.3 is 0 Å². The van der Waals surface area contributed by atoms with E-state index in [-0.39, 0.29) is 0 Å². The Labute approximate surface area is 338 Å². The topological polar surface area (TPSA) is 45.4 Å². The van der Waals surface area contributed by atoms with Gasteiger partial charge in [-0.05, 0) is 71.8 Å². The second-order valence-corrected chi connectivity index (χ2v) is 16.2. The molecule has 1 aliphatic rings. The summed E-state index contributed by atoms with van der Waals surface area (Å²) >= 11 is 0. The van der Waals surface area contributed by atoms with Gasteiger partial charge in [0, 0.05) is 44.1 Å². The van der Waals surface area contributed by atoms with Gasteiger partial charge in [-0.2, -0.15) is 0 Å². The summed E-state index contributed by atoms with van der Waals surface area (Å²) in [4.78, 5) is 10.4. The summed E-state index contributed by atoms with van der Waals surface area (Å²) < 4.78 is 11.6. The first-order valence-electron chi connectivity index (χ1n) is 19.4. The van der Waals surface area contributed by atoms with Crippen molar-refractivity contribution < 1.29 is 4.42 Å². The molecule has 0 N–H and O–H groups in total. The van der Waals surface area contributed by atoms with Crippen LogP contribution in [-0.4, -0.2) is 9.97 Å². The number of benzene rings is 8. The highest BCUT2D eigenvalue weighted by atomic mass is 31.1. The summed E-state index contributed by atoms with van der Waals surface area (Å²) in [5, 5.41) is 3.30. The van der Waals surface area contributed by atoms with Gasteiger partial charge in [-0.3, -0.25) is 9.34 Å². The summed E-state index contributed by atoms with van der Waals surface area (Å²) in [5.41, 5.74) is 13.3. The third kappa shape index (κ3) is 5.92. The van der Waals surface area contributed by atoms with Crippen molar-refractivity contribution in [3.8, 4) is 45.0 Å². The van der Waals surface area contributed by atoms with Gasteiger partial charge in [0.2, 0.25) is 0 Å². The lowest BCUT2D eigenvalue weighted by molar-refractivity contribution is 0.669. The van der Waals surface area contributed by atoms with Crippen LogP contribution >= 0.6 is 8.22 Å². The number of aromatic nitrogens is 2. The second-order valence-electron chi connectivity index (χ2n) is 14.3. The number of anilines is 4. The molecule has 0 radical (unpaired) electrons. The highest BCUT2D eigenvalue weighted by molar-refractivity contribution is 7.70. The van der Waals surface area contributed by atoms with E-state index in [1.165, 1.54) is 16.7 Å². The number of para-hydroxylation sites is 2. The Kier molecular flexibility index (Phi) is 8.38. The standard InChI is InChI=1S/C52H35N4OP/c1-6-17-36(18-7-1)45-35-46(37-19-8-2-9-20-37)54-52(53-45)43-27-16-28-50-51(43)44-33-38(30-32-49(44)57-50)39-29-31-47-48(34-39)56(41-23-12-4-13-24-41)58(42-25-14-5-15-26-42)55(47)40-21-10-3-11-22-40/h1-35H. The molecule has 0 aliphatic carbocycles. The second kappa shape index (κ2) is 14.3. The zero-order valence-corrected chi connectivity index (χ0v) is 32.2. The maximum absolute atomic E-state index is 6.54. The monoisotopic (exact) mass is 762 g/mol. The third-order valence-electron chi connectivity index (χ3n) is 10.7. The Hall–Kier alpha value is -7.33. The molecule has 0 bridgehead atoms. The van der Waals surface area contributed by atoms with Gasteiger partial charge in [0.25, 0.3) is 0 Å². The van der Waals surface area contributed by atoms with Crippen LogP contribution in [0, 0.1) is 0 Å². The molecule has 0 amide bonds. The highest BCUT2D eigenvalue weighted by Gasteiger charge is 2.39. The molecule has 0 saturated carbocycles. The Balaban J connectivity index is 1.08. The Bertz CT molecular complexity index is 3010. The van der Waals surface area contributed by atoms with Crippen molar-refractivity contribution in [3.05, 3.63) is 212 Å². The SMILES string of the molecule is c1ccc(-c2cc(-c3ccccc3)nc(-c3cccc4oc5ccc(-c6ccc7c(c6)N(c6ccccc6)P(c6ccccc6)N7c6ccccc6)cc5c34)n2)cc1. The molecule has 6 heteroatoms. The molecular formula is C52H35N4OP. The molecule has 10 aromatic rings. The van der Waals surface area contributed by atoms with Gasteiger partial charge in [-0.15, -0.1) is 0 Å². The first kappa shape index (κ1) is 34.0. The Morgan fingerprint density at radius 2 is 0.931 bits per heavy atom. The molecular weight excluding hydrogens is 728 g/mol. The minimum Gasteiger partial charge on any atom is -0.456 e. The molecule has 58 heavy (non-hydrogen) atoms. The number of hydrogen-bond acceptors (Lipinski definition) is 5. The van der Waals surface area contributed by atoms with E-state index in [1.54, 1.807) is 0 Å². The number of hydrogen-bond donors (Lipinski definition) is 0. The average molecular weight is 763 g/mol. The van der Waals surface area contributed by atoms with Crippen molar-refractivity contribution in [2.45, 2.75) is 0 Å². The fourth-order valence-corrected chi connectivity index (χ4v) is 10.6. The summed E-state index contributed by atoms with van der Waals surface area (Å²) in [6.45, 7) is 0. The molecule has 1 atom stereocenters. The summed E-state index contributed by atoms with van der Waals surface area (Å²) in [6, 6.07) is 74.7. The lowest BCUT2D eigenvalue weighted by Gasteiger charge is -2.32. The normalized spacial score (nSPS) is 13.6. The quantitative estimate of drug-likeness (QED) is 0.151. The van der Waals surface area contributed by atoms with E-state index < -0.39 is 8.22 Å². The fraction of sp³-hybridized carbons (Fsp3) is 0. The van der Waals surface area contributed by atoms with Gasteiger partial charge in [-0.1, -0.05) is 152 Å². The van der Waals surface area contributed by atoms with Crippen LogP contribution in [0.25, 0.3) is 67.0 Å². The molecule has 0 spiro atoms. The third-order valence-corrected chi connectivity index (χ3v) is 13.1. The molecule has 274 valence electrons. The number of rotatable bonds is 7. The first-order valence-corrected chi connectivity index (χ1v) is 20.7. The minimum atomic E-state index is -1.00. The number of nitrogens with zero attached hydrogens (tertiary/aromatic N) is 4. The van der Waals surface area contributed by atoms with Gasteiger partial charge in [0.1, 0.15) is 19.4 Å². The highest BCUT2D eigenvalue weighted by Crippen LogP contribution is 2.65. The Morgan fingerprint density at radius 3 is 1.55 bits per heavy atom. The van der Waals surface area contributed by atoms with Crippen molar-refractivity contribution >= 4 is 58.2 Å². The Morgan fingerprint density at radius 1 is 0.397 bits per heavy atom. The first-order chi connectivity index (χ1) is 28.8. The van der Waals surface area contributed by atoms with Crippen LogP contribution in [0.3, 0.4) is 0 Å². The van der Waals surface area contributed by atoms with E-state index in [0.717, 1.165) is 72.5 Å². The molecule has 2 aromatic heterocycles. The average Bonchev–Trinajstić information content (AvgIpc) is 3.86. The molecule has 0 saturated heterocycles. The molecule has 5 nitrogen and oxygen atoms in total. The fourth-order valence-electron chi connectivity index (χ4n) is 8.05. The minimum absolute atomic E-state index is 0.658. The van der Waals surface area contributed by atoms with Gasteiger partial charge in [0.05, 0.1) is 22.8 Å². The van der Waals surface area contributed by atoms with Gasteiger partial charge in [0.15, 0.2) is 5.82 Å². The van der Waals surface area contributed by atoms with Crippen LogP contribution in [0.2, 0.25) is 0 Å². The van der Waals surface area contributed by atoms with Crippen molar-refractivity contribution in [2.75, 3.05) is 9.34 Å².